The average Bonchev–Trinajstić information content (AvgIpc) is 2.44. The third kappa shape index (κ3) is 3.44. The summed E-state index contributed by atoms with van der Waals surface area (Å²) in [7, 11) is 0. The van der Waals surface area contributed by atoms with E-state index >= 15 is 0 Å². The highest BCUT2D eigenvalue weighted by Gasteiger charge is 2.33. The number of carbonyl (C=O) groups excluding carboxylic acids is 1. The minimum absolute atomic E-state index is 0.0731. The molecular weight excluding hydrogens is 283 g/mol. The molecule has 0 radical (unpaired) electrons. The Morgan fingerprint density at radius 3 is 2.76 bits per heavy atom. The summed E-state index contributed by atoms with van der Waals surface area (Å²) in [6.45, 7) is 6.54. The van der Waals surface area contributed by atoms with Gasteiger partial charge < -0.3 is 9.64 Å². The number of ether oxygens (including phenoxy) is 1. The first-order valence-electron chi connectivity index (χ1n) is 6.57. The lowest BCUT2D eigenvalue weighted by atomic mass is 10.0. The van der Waals surface area contributed by atoms with Crippen molar-refractivity contribution >= 4 is 12.0 Å². The summed E-state index contributed by atoms with van der Waals surface area (Å²) < 4.78 is 43.8. The molecule has 0 aliphatic carbocycles. The maximum atomic E-state index is 12.8. The Kier molecular flexibility index (Phi) is 4.37. The van der Waals surface area contributed by atoms with Gasteiger partial charge in [-0.3, -0.25) is 4.79 Å². The van der Waals surface area contributed by atoms with Crippen LogP contribution in [0, 0.1) is 0 Å². The van der Waals surface area contributed by atoms with Crippen molar-refractivity contribution < 1.29 is 22.7 Å². The zero-order valence-electron chi connectivity index (χ0n) is 11.6. The molecule has 0 spiro atoms. The van der Waals surface area contributed by atoms with Crippen molar-refractivity contribution in [1.29, 1.82) is 0 Å². The van der Waals surface area contributed by atoms with Gasteiger partial charge in [0.05, 0.1) is 18.3 Å². The number of alkyl halides is 3. The fraction of sp³-hybridized carbons (Fsp3) is 0.400. The van der Waals surface area contributed by atoms with E-state index in [1.807, 2.05) is 6.92 Å². The normalized spacial score (nSPS) is 19.4. The Hall–Kier alpha value is -1.82. The van der Waals surface area contributed by atoms with Gasteiger partial charge in [0.15, 0.2) is 0 Å². The molecule has 3 nitrogen and oxygen atoms in total. The lowest BCUT2D eigenvalue weighted by Gasteiger charge is -2.31. The number of morpholine rings is 1. The van der Waals surface area contributed by atoms with E-state index in [1.54, 1.807) is 4.90 Å². The zero-order valence-corrected chi connectivity index (χ0v) is 11.6. The van der Waals surface area contributed by atoms with Crippen molar-refractivity contribution in [3.05, 3.63) is 41.5 Å². The van der Waals surface area contributed by atoms with Crippen LogP contribution in [0.5, 0.6) is 0 Å². The Morgan fingerprint density at radius 1 is 1.48 bits per heavy atom. The standard InChI is InChI=1S/C15H16F3NO2/c1-3-11-8-12(4-5-13(11)15(16,17)18)14(20)19-6-7-21-10(2)9-19/h3-5,8,10H,1,6-7,9H2,2H3. The predicted octanol–water partition coefficient (Wildman–Crippen LogP) is 3.21. The highest BCUT2D eigenvalue weighted by molar-refractivity contribution is 5.95. The molecule has 1 fully saturated rings. The number of rotatable bonds is 2. The minimum atomic E-state index is -4.46. The number of halogens is 3. The van der Waals surface area contributed by atoms with Gasteiger partial charge in [0.1, 0.15) is 0 Å². The average molecular weight is 299 g/mol. The third-order valence-corrected chi connectivity index (χ3v) is 3.35. The third-order valence-electron chi connectivity index (χ3n) is 3.35. The van der Waals surface area contributed by atoms with E-state index in [4.69, 9.17) is 4.74 Å². The smallest absolute Gasteiger partial charge is 0.375 e. The molecule has 1 saturated heterocycles. The van der Waals surface area contributed by atoms with Crippen LogP contribution in [0.2, 0.25) is 0 Å². The van der Waals surface area contributed by atoms with Gasteiger partial charge in [-0.05, 0) is 30.7 Å². The first-order valence-corrected chi connectivity index (χ1v) is 6.57. The van der Waals surface area contributed by atoms with Crippen LogP contribution in [0.15, 0.2) is 24.8 Å². The van der Waals surface area contributed by atoms with E-state index in [1.165, 1.54) is 12.1 Å². The zero-order chi connectivity index (χ0) is 15.6. The summed E-state index contributed by atoms with van der Waals surface area (Å²) >= 11 is 0. The number of amides is 1. The number of carbonyl (C=O) groups is 1. The van der Waals surface area contributed by atoms with Crippen molar-refractivity contribution in [3.8, 4) is 0 Å². The molecule has 1 unspecified atom stereocenters. The molecule has 1 aromatic carbocycles. The van der Waals surface area contributed by atoms with E-state index in [9.17, 15) is 18.0 Å². The fourth-order valence-electron chi connectivity index (χ4n) is 2.31. The van der Waals surface area contributed by atoms with Crippen LogP contribution in [-0.4, -0.2) is 36.6 Å². The molecule has 1 heterocycles. The Balaban J connectivity index is 2.28. The minimum Gasteiger partial charge on any atom is -0.375 e. The summed E-state index contributed by atoms with van der Waals surface area (Å²) in [5.74, 6) is -0.290. The quantitative estimate of drug-likeness (QED) is 0.839. The lowest BCUT2D eigenvalue weighted by molar-refractivity contribution is -0.137. The first-order chi connectivity index (χ1) is 9.82. The molecule has 6 heteroatoms. The molecule has 0 saturated carbocycles. The fourth-order valence-corrected chi connectivity index (χ4v) is 2.31. The van der Waals surface area contributed by atoms with Crippen LogP contribution >= 0.6 is 0 Å². The van der Waals surface area contributed by atoms with Gasteiger partial charge >= 0.3 is 6.18 Å². The molecule has 1 aromatic rings. The Labute approximate surface area is 121 Å². The largest absolute Gasteiger partial charge is 0.416 e. The van der Waals surface area contributed by atoms with Crippen molar-refractivity contribution in [2.45, 2.75) is 19.2 Å². The number of benzene rings is 1. The van der Waals surface area contributed by atoms with Gasteiger partial charge in [0.2, 0.25) is 0 Å². The van der Waals surface area contributed by atoms with Crippen LogP contribution in [0.1, 0.15) is 28.4 Å². The second-order valence-corrected chi connectivity index (χ2v) is 4.94. The maximum Gasteiger partial charge on any atom is 0.416 e. The van der Waals surface area contributed by atoms with Crippen molar-refractivity contribution in [2.75, 3.05) is 19.7 Å². The molecule has 1 amide bonds. The molecular formula is C15H16F3NO2. The Bertz CT molecular complexity index is 554. The molecule has 21 heavy (non-hydrogen) atoms. The molecule has 1 aliphatic heterocycles. The summed E-state index contributed by atoms with van der Waals surface area (Å²) in [6, 6.07) is 3.37. The highest BCUT2D eigenvalue weighted by atomic mass is 19.4. The van der Waals surface area contributed by atoms with E-state index in [0.717, 1.165) is 12.1 Å². The van der Waals surface area contributed by atoms with Gasteiger partial charge in [0, 0.05) is 18.7 Å². The molecule has 0 aromatic heterocycles. The molecule has 0 bridgehead atoms. The number of hydrogen-bond donors (Lipinski definition) is 0. The SMILES string of the molecule is C=Cc1cc(C(=O)N2CCOC(C)C2)ccc1C(F)(F)F. The van der Waals surface area contributed by atoms with Crippen molar-refractivity contribution in [1.82, 2.24) is 4.90 Å². The van der Waals surface area contributed by atoms with Crippen molar-refractivity contribution in [2.24, 2.45) is 0 Å². The predicted molar refractivity (Wildman–Crippen MR) is 72.9 cm³/mol. The van der Waals surface area contributed by atoms with Crippen LogP contribution in [0.3, 0.4) is 0 Å². The van der Waals surface area contributed by atoms with Crippen LogP contribution in [0.4, 0.5) is 13.2 Å². The maximum absolute atomic E-state index is 12.8. The van der Waals surface area contributed by atoms with Gasteiger partial charge in [0.25, 0.3) is 5.91 Å². The van der Waals surface area contributed by atoms with Crippen LogP contribution in [-0.2, 0) is 10.9 Å². The van der Waals surface area contributed by atoms with Gasteiger partial charge in [-0.2, -0.15) is 13.2 Å². The topological polar surface area (TPSA) is 29.5 Å². The first kappa shape index (κ1) is 15.6. The van der Waals surface area contributed by atoms with E-state index < -0.39 is 11.7 Å². The van der Waals surface area contributed by atoms with E-state index in [-0.39, 0.29) is 23.1 Å². The molecule has 2 rings (SSSR count). The lowest BCUT2D eigenvalue weighted by Crippen LogP contribution is -2.44. The summed E-state index contributed by atoms with van der Waals surface area (Å²) in [5, 5.41) is 0. The highest BCUT2D eigenvalue weighted by Crippen LogP contribution is 2.33. The molecule has 1 aliphatic rings. The van der Waals surface area contributed by atoms with Crippen molar-refractivity contribution in [3.63, 3.8) is 0 Å². The summed E-state index contributed by atoms with van der Waals surface area (Å²) in [6.07, 6.45) is -3.42. The van der Waals surface area contributed by atoms with Crippen LogP contribution in [0.25, 0.3) is 6.08 Å². The van der Waals surface area contributed by atoms with Crippen LogP contribution < -0.4 is 0 Å². The Morgan fingerprint density at radius 2 is 2.19 bits per heavy atom. The summed E-state index contributed by atoms with van der Waals surface area (Å²) in [4.78, 5) is 13.9. The number of hydrogen-bond acceptors (Lipinski definition) is 2. The second kappa shape index (κ2) is 5.89. The monoisotopic (exact) mass is 299 g/mol. The number of nitrogens with zero attached hydrogens (tertiary/aromatic N) is 1. The van der Waals surface area contributed by atoms with Gasteiger partial charge in [-0.25, -0.2) is 0 Å². The van der Waals surface area contributed by atoms with Gasteiger partial charge in [-0.1, -0.05) is 12.7 Å². The second-order valence-electron chi connectivity index (χ2n) is 4.94. The van der Waals surface area contributed by atoms with E-state index in [2.05, 4.69) is 6.58 Å². The summed E-state index contributed by atoms with van der Waals surface area (Å²) in [5.41, 5.74) is -0.647. The van der Waals surface area contributed by atoms with Gasteiger partial charge in [-0.15, -0.1) is 0 Å². The molecule has 1 atom stereocenters. The van der Waals surface area contributed by atoms with E-state index in [0.29, 0.717) is 19.7 Å². The molecule has 0 N–H and O–H groups in total. The molecule has 114 valence electrons.